The number of piperidine rings is 1. The Hall–Kier alpha value is -3.19. The van der Waals surface area contributed by atoms with E-state index < -0.39 is 0 Å². The third-order valence-corrected chi connectivity index (χ3v) is 5.56. The van der Waals surface area contributed by atoms with Gasteiger partial charge in [-0.25, -0.2) is 4.98 Å². The van der Waals surface area contributed by atoms with E-state index >= 15 is 0 Å². The summed E-state index contributed by atoms with van der Waals surface area (Å²) < 4.78 is 0. The van der Waals surface area contributed by atoms with Crippen molar-refractivity contribution in [2.45, 2.75) is 25.8 Å². The molecule has 150 valence electrons. The van der Waals surface area contributed by atoms with E-state index in [9.17, 15) is 9.59 Å². The number of amides is 2. The number of carbonyl (C=O) groups excluding carboxylic acids is 2. The van der Waals surface area contributed by atoms with E-state index in [2.05, 4.69) is 22.2 Å². The number of benzene rings is 2. The molecule has 1 aliphatic rings. The van der Waals surface area contributed by atoms with Gasteiger partial charge < -0.3 is 20.9 Å². The lowest BCUT2D eigenvalue weighted by Gasteiger charge is -2.38. The number of fused-ring (bicyclic) bond motifs is 1. The first kappa shape index (κ1) is 19.1. The Morgan fingerprint density at radius 1 is 1.24 bits per heavy atom. The average molecular weight is 391 g/mol. The molecule has 0 saturated carbocycles. The summed E-state index contributed by atoms with van der Waals surface area (Å²) in [6, 6.07) is 12.4. The fourth-order valence-corrected chi connectivity index (χ4v) is 3.92. The Labute approximate surface area is 169 Å². The molecule has 1 fully saturated rings. The molecular formula is C22H25N5O2. The Morgan fingerprint density at radius 2 is 2.10 bits per heavy atom. The molecule has 7 nitrogen and oxygen atoms in total. The largest absolute Gasteiger partial charge is 0.345 e. The molecule has 2 atom stereocenters. The van der Waals surface area contributed by atoms with Crippen molar-refractivity contribution in [2.24, 2.45) is 11.7 Å². The highest BCUT2D eigenvalue weighted by molar-refractivity contribution is 6.06. The molecule has 1 aromatic heterocycles. The first-order valence-electron chi connectivity index (χ1n) is 9.90. The van der Waals surface area contributed by atoms with Gasteiger partial charge in [0, 0.05) is 35.9 Å². The van der Waals surface area contributed by atoms with Crippen molar-refractivity contribution in [3.05, 3.63) is 59.9 Å². The summed E-state index contributed by atoms with van der Waals surface area (Å²) in [6.45, 7) is 3.37. The zero-order valence-electron chi connectivity index (χ0n) is 16.4. The van der Waals surface area contributed by atoms with Crippen LogP contribution in [0.15, 0.2) is 48.8 Å². The number of likely N-dealkylation sites (tertiary alicyclic amines) is 1. The summed E-state index contributed by atoms with van der Waals surface area (Å²) >= 11 is 0. The van der Waals surface area contributed by atoms with E-state index in [1.165, 1.54) is 0 Å². The van der Waals surface area contributed by atoms with E-state index in [1.54, 1.807) is 48.8 Å². The maximum Gasteiger partial charge on any atom is 0.255 e. The Kier molecular flexibility index (Phi) is 5.31. The van der Waals surface area contributed by atoms with Gasteiger partial charge >= 0.3 is 0 Å². The van der Waals surface area contributed by atoms with Crippen molar-refractivity contribution in [1.82, 2.24) is 14.9 Å². The minimum Gasteiger partial charge on any atom is -0.345 e. The predicted molar refractivity (Wildman–Crippen MR) is 113 cm³/mol. The van der Waals surface area contributed by atoms with Crippen LogP contribution in [0, 0.1) is 5.92 Å². The quantitative estimate of drug-likeness (QED) is 0.636. The smallest absolute Gasteiger partial charge is 0.255 e. The fraction of sp³-hybridized carbons (Fsp3) is 0.318. The predicted octanol–water partition coefficient (Wildman–Crippen LogP) is 3.01. The Morgan fingerprint density at radius 3 is 2.93 bits per heavy atom. The topological polar surface area (TPSA) is 104 Å². The maximum atomic E-state index is 13.0. The Balaban J connectivity index is 1.50. The number of anilines is 1. The Bertz CT molecular complexity index is 1040. The number of aromatic amines is 1. The van der Waals surface area contributed by atoms with Gasteiger partial charge in [0.25, 0.3) is 11.8 Å². The molecule has 3 aromatic rings. The third-order valence-electron chi connectivity index (χ3n) is 5.56. The molecule has 2 unspecified atom stereocenters. The highest BCUT2D eigenvalue weighted by Gasteiger charge is 2.29. The standard InChI is InChI=1S/C22H25N5O2/c1-14-7-8-27(18(9-14)12-23)22(29)16-3-2-4-17(10-16)26-21(28)15-5-6-19-20(11-15)25-13-24-19/h2-6,10-11,13-14,18H,7-9,12,23H2,1H3,(H,24,25)(H,26,28). The van der Waals surface area contributed by atoms with Crippen LogP contribution in [0.2, 0.25) is 0 Å². The number of H-pyrrole nitrogens is 1. The van der Waals surface area contributed by atoms with Crippen LogP contribution in [0.5, 0.6) is 0 Å². The lowest BCUT2D eigenvalue weighted by atomic mass is 9.92. The first-order chi connectivity index (χ1) is 14.0. The minimum absolute atomic E-state index is 0.0395. The molecule has 0 spiro atoms. The van der Waals surface area contributed by atoms with Gasteiger partial charge in [-0.1, -0.05) is 13.0 Å². The first-order valence-corrected chi connectivity index (χ1v) is 9.90. The van der Waals surface area contributed by atoms with Gasteiger partial charge in [-0.15, -0.1) is 0 Å². The molecule has 4 N–H and O–H groups in total. The number of nitrogens with one attached hydrogen (secondary N) is 2. The van der Waals surface area contributed by atoms with Crippen molar-refractivity contribution >= 4 is 28.5 Å². The number of nitrogens with two attached hydrogens (primary N) is 1. The van der Waals surface area contributed by atoms with Crippen molar-refractivity contribution in [1.29, 1.82) is 0 Å². The minimum atomic E-state index is -0.238. The van der Waals surface area contributed by atoms with Crippen LogP contribution < -0.4 is 11.1 Å². The van der Waals surface area contributed by atoms with Crippen LogP contribution in [0.4, 0.5) is 5.69 Å². The van der Waals surface area contributed by atoms with E-state index in [4.69, 9.17) is 5.73 Å². The van der Waals surface area contributed by atoms with Crippen LogP contribution in [0.25, 0.3) is 11.0 Å². The monoisotopic (exact) mass is 391 g/mol. The number of carbonyl (C=O) groups is 2. The lowest BCUT2D eigenvalue weighted by molar-refractivity contribution is 0.0573. The van der Waals surface area contributed by atoms with Gasteiger partial charge in [-0.3, -0.25) is 9.59 Å². The summed E-state index contributed by atoms with van der Waals surface area (Å²) in [7, 11) is 0. The van der Waals surface area contributed by atoms with Crippen molar-refractivity contribution in [3.8, 4) is 0 Å². The third kappa shape index (κ3) is 4.00. The number of imidazole rings is 1. The SMILES string of the molecule is CC1CCN(C(=O)c2cccc(NC(=O)c3ccc4nc[nH]c4c3)c2)C(CN)C1. The maximum absolute atomic E-state index is 13.0. The normalized spacial score (nSPS) is 19.3. The molecule has 2 heterocycles. The van der Waals surface area contributed by atoms with Crippen molar-refractivity contribution < 1.29 is 9.59 Å². The van der Waals surface area contributed by atoms with Crippen molar-refractivity contribution in [3.63, 3.8) is 0 Å². The summed E-state index contributed by atoms with van der Waals surface area (Å²) in [6.07, 6.45) is 3.50. The second kappa shape index (κ2) is 8.05. The van der Waals surface area contributed by atoms with Crippen LogP contribution in [0.3, 0.4) is 0 Å². The zero-order valence-corrected chi connectivity index (χ0v) is 16.4. The van der Waals surface area contributed by atoms with Gasteiger partial charge in [0.2, 0.25) is 0 Å². The molecular weight excluding hydrogens is 366 g/mol. The summed E-state index contributed by atoms with van der Waals surface area (Å²) in [5.41, 5.74) is 9.17. The van der Waals surface area contributed by atoms with Gasteiger partial charge in [-0.05, 0) is 55.2 Å². The number of hydrogen-bond acceptors (Lipinski definition) is 4. The van der Waals surface area contributed by atoms with Crippen LogP contribution >= 0.6 is 0 Å². The molecule has 0 aliphatic carbocycles. The van der Waals surface area contributed by atoms with E-state index in [0.717, 1.165) is 23.9 Å². The summed E-state index contributed by atoms with van der Waals surface area (Å²) in [5.74, 6) is 0.297. The van der Waals surface area contributed by atoms with Crippen LogP contribution in [-0.2, 0) is 0 Å². The number of aromatic nitrogens is 2. The number of nitrogens with zero attached hydrogens (tertiary/aromatic N) is 2. The van der Waals surface area contributed by atoms with Gasteiger partial charge in [0.05, 0.1) is 17.4 Å². The van der Waals surface area contributed by atoms with Crippen molar-refractivity contribution in [2.75, 3.05) is 18.4 Å². The van der Waals surface area contributed by atoms with E-state index in [1.807, 2.05) is 4.90 Å². The highest BCUT2D eigenvalue weighted by atomic mass is 16.2. The zero-order chi connectivity index (χ0) is 20.4. The number of rotatable bonds is 4. The fourth-order valence-electron chi connectivity index (χ4n) is 3.92. The van der Waals surface area contributed by atoms with Crippen LogP contribution in [-0.4, -0.2) is 45.8 Å². The van der Waals surface area contributed by atoms with E-state index in [0.29, 0.717) is 35.8 Å². The molecule has 29 heavy (non-hydrogen) atoms. The van der Waals surface area contributed by atoms with Gasteiger partial charge in [0.1, 0.15) is 0 Å². The molecule has 1 aliphatic heterocycles. The number of hydrogen-bond donors (Lipinski definition) is 3. The second-order valence-electron chi connectivity index (χ2n) is 7.69. The molecule has 0 bridgehead atoms. The molecule has 7 heteroatoms. The molecule has 1 saturated heterocycles. The van der Waals surface area contributed by atoms with Gasteiger partial charge in [0.15, 0.2) is 0 Å². The average Bonchev–Trinajstić information content (AvgIpc) is 3.21. The molecule has 2 aromatic carbocycles. The second-order valence-corrected chi connectivity index (χ2v) is 7.69. The lowest BCUT2D eigenvalue weighted by Crippen LogP contribution is -2.49. The van der Waals surface area contributed by atoms with Gasteiger partial charge in [-0.2, -0.15) is 0 Å². The highest BCUT2D eigenvalue weighted by Crippen LogP contribution is 2.24. The van der Waals surface area contributed by atoms with E-state index in [-0.39, 0.29) is 17.9 Å². The summed E-state index contributed by atoms with van der Waals surface area (Å²) in [5, 5.41) is 2.88. The van der Waals surface area contributed by atoms with Crippen LogP contribution in [0.1, 0.15) is 40.5 Å². The summed E-state index contributed by atoms with van der Waals surface area (Å²) in [4.78, 5) is 34.7. The molecule has 0 radical (unpaired) electrons. The molecule has 4 rings (SSSR count). The molecule has 2 amide bonds.